The Kier molecular flexibility index (Phi) is 13.7. The number of alkyl carbamates (subject to hydrolysis) is 1. The predicted molar refractivity (Wildman–Crippen MR) is 211 cm³/mol. The van der Waals surface area contributed by atoms with Crippen LogP contribution in [0.1, 0.15) is 86.6 Å². The average Bonchev–Trinajstić information content (AvgIpc) is 3.48. The fourth-order valence-electron chi connectivity index (χ4n) is 8.93. The van der Waals surface area contributed by atoms with Crippen LogP contribution < -0.4 is 5.32 Å². The Morgan fingerprint density at radius 2 is 1.75 bits per heavy atom. The molecule has 3 aliphatic rings. The van der Waals surface area contributed by atoms with Crippen LogP contribution in [-0.4, -0.2) is 119 Å². The van der Waals surface area contributed by atoms with Crippen molar-refractivity contribution in [2.75, 3.05) is 20.7 Å². The standard InChI is InChI=1S/C43H60FN3O10/c1-11-15-32-43(8)35(46-40(52)57-43)26(4)33(48)24(2)23-41(6,53-21-14-16-28-19-20-45-30-18-13-12-17-29(28)30)37(27(5)36(50)42(7,44)39(51)55-32)56-38-34(49)31(47(9)10)22-25(3)54-38/h12-14,16-20,24-27,31-32,34-35,37-38,49H,11,15,21-23H2,1-10H3,(H,46,52)/b16-14+/t24-,25-,26+,27+,31+,32-,34-,35+,37-,38+,41-,42+,43-/m1/s1. The normalized spacial score (nSPS) is 38.5. The number of cyclic esters (lactones) is 1. The molecule has 4 heterocycles. The van der Waals surface area contributed by atoms with Crippen LogP contribution >= 0.6 is 0 Å². The zero-order valence-electron chi connectivity index (χ0n) is 34.8. The summed E-state index contributed by atoms with van der Waals surface area (Å²) in [5.74, 6) is -5.91. The van der Waals surface area contributed by atoms with E-state index in [-0.39, 0.29) is 37.4 Å². The Hall–Kier alpha value is -3.82. The number of aliphatic hydroxyl groups is 1. The van der Waals surface area contributed by atoms with Crippen molar-refractivity contribution in [1.29, 1.82) is 0 Å². The quantitative estimate of drug-likeness (QED) is 0.239. The van der Waals surface area contributed by atoms with E-state index >= 15 is 4.39 Å². The summed E-state index contributed by atoms with van der Waals surface area (Å²) in [6.07, 6.45) is 0.237. The zero-order chi connectivity index (χ0) is 42.0. The summed E-state index contributed by atoms with van der Waals surface area (Å²) >= 11 is 0. The third-order valence-corrected chi connectivity index (χ3v) is 12.2. The molecule has 0 spiro atoms. The van der Waals surface area contributed by atoms with E-state index in [0.717, 1.165) is 23.4 Å². The van der Waals surface area contributed by atoms with Gasteiger partial charge in [-0.2, -0.15) is 0 Å². The number of hydrogen-bond donors (Lipinski definition) is 2. The van der Waals surface area contributed by atoms with Crippen molar-refractivity contribution >= 4 is 40.6 Å². The van der Waals surface area contributed by atoms with E-state index in [9.17, 15) is 24.3 Å². The number of pyridine rings is 1. The number of aliphatic hydroxyl groups excluding tert-OH is 1. The maximum Gasteiger partial charge on any atom is 0.408 e. The minimum Gasteiger partial charge on any atom is -0.455 e. The van der Waals surface area contributed by atoms with Gasteiger partial charge in [0.05, 0.1) is 36.0 Å². The number of fused-ring (bicyclic) bond motifs is 2. The monoisotopic (exact) mass is 797 g/mol. The van der Waals surface area contributed by atoms with Crippen molar-refractivity contribution < 1.29 is 52.4 Å². The van der Waals surface area contributed by atoms with Gasteiger partial charge in [0.2, 0.25) is 0 Å². The molecule has 14 heteroatoms. The van der Waals surface area contributed by atoms with E-state index in [4.69, 9.17) is 23.7 Å². The molecule has 314 valence electrons. The second-order valence-corrected chi connectivity index (χ2v) is 16.9. The molecule has 0 unspecified atom stereocenters. The van der Waals surface area contributed by atoms with E-state index < -0.39 is 83.1 Å². The van der Waals surface area contributed by atoms with Gasteiger partial charge in [0, 0.05) is 35.4 Å². The summed E-state index contributed by atoms with van der Waals surface area (Å²) < 4.78 is 48.0. The maximum atomic E-state index is 17.0. The molecule has 13 nitrogen and oxygen atoms in total. The largest absolute Gasteiger partial charge is 0.455 e. The molecule has 2 N–H and O–H groups in total. The first kappa shape index (κ1) is 44.3. The maximum absolute atomic E-state index is 17.0. The minimum atomic E-state index is -3.19. The topological polar surface area (TPSA) is 163 Å². The lowest BCUT2D eigenvalue weighted by Crippen LogP contribution is -2.61. The first-order valence-corrected chi connectivity index (χ1v) is 20.0. The molecule has 0 radical (unpaired) electrons. The predicted octanol–water partition coefficient (Wildman–Crippen LogP) is 5.59. The summed E-state index contributed by atoms with van der Waals surface area (Å²) in [6.45, 7) is 12.5. The van der Waals surface area contributed by atoms with Crippen LogP contribution in [0.5, 0.6) is 0 Å². The number of nitrogens with zero attached hydrogens (tertiary/aromatic N) is 2. The number of ether oxygens (including phenoxy) is 5. The van der Waals surface area contributed by atoms with Gasteiger partial charge in [-0.3, -0.25) is 14.6 Å². The minimum absolute atomic E-state index is 0.0343. The first-order chi connectivity index (χ1) is 26.7. The summed E-state index contributed by atoms with van der Waals surface area (Å²) in [5, 5.41) is 15.2. The van der Waals surface area contributed by atoms with Crippen LogP contribution in [0, 0.1) is 17.8 Å². The number of Topliss-reactive ketones (excluding diaryl/α,β-unsaturated/α-hetero) is 2. The number of nitrogens with one attached hydrogen (secondary N) is 1. The molecule has 3 fully saturated rings. The number of benzene rings is 1. The van der Waals surface area contributed by atoms with Gasteiger partial charge in [-0.05, 0) is 78.7 Å². The molecule has 0 aliphatic carbocycles. The number of alkyl halides is 1. The van der Waals surface area contributed by atoms with E-state index in [2.05, 4.69) is 10.3 Å². The molecule has 57 heavy (non-hydrogen) atoms. The first-order valence-electron chi connectivity index (χ1n) is 20.0. The van der Waals surface area contributed by atoms with Crippen molar-refractivity contribution in [3.8, 4) is 0 Å². The highest BCUT2D eigenvalue weighted by Gasteiger charge is 2.59. The number of para-hydroxylation sites is 1. The molecule has 3 saturated heterocycles. The number of rotatable bonds is 9. The van der Waals surface area contributed by atoms with Crippen molar-refractivity contribution in [3.05, 3.63) is 48.2 Å². The second kappa shape index (κ2) is 17.6. The van der Waals surface area contributed by atoms with Gasteiger partial charge >= 0.3 is 12.1 Å². The number of halogens is 1. The number of carbonyl (C=O) groups excluding carboxylic acids is 4. The SMILES string of the molecule is CCC[C@H]1OC(=O)[C@@](C)(F)C(=O)[C@H](C)[C@@H](O[C@@H]2O[C@H](C)C[C@H](N(C)C)[C@H]2O)[C@](C)(OC/C=C/c2ccnc3ccccc23)C[C@@H](C)C(=O)[C@H](C)[C@@H]2NC(=O)O[C@]12C. The van der Waals surface area contributed by atoms with Crippen molar-refractivity contribution in [3.63, 3.8) is 0 Å². The van der Waals surface area contributed by atoms with Gasteiger partial charge in [0.1, 0.15) is 18.0 Å². The summed E-state index contributed by atoms with van der Waals surface area (Å²) in [7, 11) is 3.65. The molecular weight excluding hydrogens is 737 g/mol. The lowest BCUT2D eigenvalue weighted by atomic mass is 9.73. The lowest BCUT2D eigenvalue weighted by molar-refractivity contribution is -0.297. The van der Waals surface area contributed by atoms with Crippen molar-refractivity contribution in [2.24, 2.45) is 17.8 Å². The summed E-state index contributed by atoms with van der Waals surface area (Å²) in [5.41, 5.74) is -4.60. The molecule has 3 aliphatic heterocycles. The second-order valence-electron chi connectivity index (χ2n) is 16.9. The fraction of sp³-hybridized carbons (Fsp3) is 0.651. The molecule has 2 aromatic rings. The molecule has 1 aromatic carbocycles. The highest BCUT2D eigenvalue weighted by molar-refractivity contribution is 6.08. The summed E-state index contributed by atoms with van der Waals surface area (Å²) in [4.78, 5) is 61.9. The number of hydrogen-bond acceptors (Lipinski definition) is 12. The van der Waals surface area contributed by atoms with Crippen LogP contribution in [0.4, 0.5) is 9.18 Å². The van der Waals surface area contributed by atoms with Gasteiger partial charge in [0.15, 0.2) is 17.7 Å². The molecule has 0 saturated carbocycles. The third-order valence-electron chi connectivity index (χ3n) is 12.2. The van der Waals surface area contributed by atoms with E-state index in [0.29, 0.717) is 12.8 Å². The van der Waals surface area contributed by atoms with E-state index in [1.807, 2.05) is 69.3 Å². The highest BCUT2D eigenvalue weighted by Crippen LogP contribution is 2.41. The van der Waals surface area contributed by atoms with Gasteiger partial charge in [-0.25, -0.2) is 14.0 Å². The van der Waals surface area contributed by atoms with Crippen LogP contribution in [-0.2, 0) is 38.1 Å². The molecule has 1 amide bonds. The Balaban J connectivity index is 1.60. The van der Waals surface area contributed by atoms with Gasteiger partial charge in [0.25, 0.3) is 5.67 Å². The Labute approximate surface area is 335 Å². The number of amides is 1. The van der Waals surface area contributed by atoms with Crippen LogP contribution in [0.2, 0.25) is 0 Å². The number of carbonyl (C=O) groups is 4. The van der Waals surface area contributed by atoms with Crippen molar-refractivity contribution in [1.82, 2.24) is 15.2 Å². The third kappa shape index (κ3) is 9.10. The summed E-state index contributed by atoms with van der Waals surface area (Å²) in [6, 6.07) is 8.21. The molecular formula is C43H60FN3O10. The number of likely N-dealkylation sites (N-methyl/N-ethyl adjacent to an activating group) is 1. The molecule has 1 aromatic heterocycles. The van der Waals surface area contributed by atoms with Crippen molar-refractivity contribution in [2.45, 2.75) is 141 Å². The smallest absolute Gasteiger partial charge is 0.408 e. The van der Waals surface area contributed by atoms with Gasteiger partial charge < -0.3 is 39.0 Å². The van der Waals surface area contributed by atoms with E-state index in [1.165, 1.54) is 6.92 Å². The van der Waals surface area contributed by atoms with E-state index in [1.54, 1.807) is 40.0 Å². The average molecular weight is 798 g/mol. The Morgan fingerprint density at radius 1 is 1.05 bits per heavy atom. The lowest BCUT2D eigenvalue weighted by Gasteiger charge is -2.47. The van der Waals surface area contributed by atoms with Gasteiger partial charge in [-0.1, -0.05) is 64.5 Å². The van der Waals surface area contributed by atoms with Crippen LogP contribution in [0.3, 0.4) is 0 Å². The van der Waals surface area contributed by atoms with Crippen LogP contribution in [0.15, 0.2) is 42.6 Å². The number of aromatic nitrogens is 1. The van der Waals surface area contributed by atoms with Gasteiger partial charge in [-0.15, -0.1) is 0 Å². The Bertz CT molecular complexity index is 1820. The number of esters is 1. The number of ketones is 2. The molecule has 0 bridgehead atoms. The molecule has 13 atom stereocenters. The molecule has 5 rings (SSSR count). The highest BCUT2D eigenvalue weighted by atomic mass is 19.1. The zero-order valence-corrected chi connectivity index (χ0v) is 34.8. The Morgan fingerprint density at radius 3 is 2.44 bits per heavy atom. The van der Waals surface area contributed by atoms with Crippen LogP contribution in [0.25, 0.3) is 17.0 Å². The fourth-order valence-corrected chi connectivity index (χ4v) is 8.93.